The van der Waals surface area contributed by atoms with Crippen LogP contribution in [0.2, 0.25) is 5.02 Å². The van der Waals surface area contributed by atoms with Gasteiger partial charge in [0.05, 0.1) is 18.2 Å². The maximum atomic E-state index is 12.9. The number of primary amides is 1. The molecule has 3 N–H and O–H groups in total. The van der Waals surface area contributed by atoms with E-state index < -0.39 is 5.91 Å². The topological polar surface area (TPSA) is 90.7 Å². The highest BCUT2D eigenvalue weighted by Crippen LogP contribution is 2.36. The van der Waals surface area contributed by atoms with Gasteiger partial charge in [0, 0.05) is 5.56 Å². The number of methoxy groups -OCH3 is 1. The largest absolute Gasteiger partial charge is 0.493 e. The van der Waals surface area contributed by atoms with Crippen LogP contribution in [0.25, 0.3) is 0 Å². The summed E-state index contributed by atoms with van der Waals surface area (Å²) in [5, 5.41) is 3.22. The van der Waals surface area contributed by atoms with Gasteiger partial charge in [0.2, 0.25) is 0 Å². The SMILES string of the molecule is COc1cc(C(=O)NC(CC(C)C)c2ccccc2)cc(Cl)c1OCC(N)=O. The average Bonchev–Trinajstić information content (AvgIpc) is 2.66. The zero-order valence-electron chi connectivity index (χ0n) is 16.2. The summed E-state index contributed by atoms with van der Waals surface area (Å²) in [4.78, 5) is 23.8. The molecule has 150 valence electrons. The molecule has 0 bridgehead atoms. The molecule has 0 aliphatic heterocycles. The highest BCUT2D eigenvalue weighted by atomic mass is 35.5. The van der Waals surface area contributed by atoms with E-state index >= 15 is 0 Å². The molecule has 1 atom stereocenters. The van der Waals surface area contributed by atoms with Crippen LogP contribution in [-0.2, 0) is 4.79 Å². The molecule has 2 aromatic carbocycles. The number of carbonyl (C=O) groups is 2. The summed E-state index contributed by atoms with van der Waals surface area (Å²) < 4.78 is 10.6. The van der Waals surface area contributed by atoms with Crippen LogP contribution in [0, 0.1) is 5.92 Å². The first-order valence-corrected chi connectivity index (χ1v) is 9.34. The van der Waals surface area contributed by atoms with E-state index in [9.17, 15) is 9.59 Å². The molecule has 2 aromatic rings. The smallest absolute Gasteiger partial charge is 0.255 e. The van der Waals surface area contributed by atoms with E-state index in [1.165, 1.54) is 19.2 Å². The molecule has 0 aliphatic carbocycles. The van der Waals surface area contributed by atoms with Gasteiger partial charge in [-0.1, -0.05) is 55.8 Å². The molecule has 7 heteroatoms. The van der Waals surface area contributed by atoms with Crippen molar-refractivity contribution in [2.45, 2.75) is 26.3 Å². The Morgan fingerprint density at radius 3 is 2.43 bits per heavy atom. The molecule has 2 rings (SSSR count). The van der Waals surface area contributed by atoms with E-state index in [0.29, 0.717) is 11.5 Å². The third-order valence-electron chi connectivity index (χ3n) is 4.06. The van der Waals surface area contributed by atoms with Crippen molar-refractivity contribution in [1.82, 2.24) is 5.32 Å². The van der Waals surface area contributed by atoms with E-state index in [2.05, 4.69) is 19.2 Å². The van der Waals surface area contributed by atoms with Gasteiger partial charge in [0.25, 0.3) is 11.8 Å². The van der Waals surface area contributed by atoms with Crippen LogP contribution in [0.5, 0.6) is 11.5 Å². The molecule has 0 heterocycles. The van der Waals surface area contributed by atoms with Crippen molar-refractivity contribution >= 4 is 23.4 Å². The molecule has 0 saturated heterocycles. The van der Waals surface area contributed by atoms with Crippen LogP contribution in [0.3, 0.4) is 0 Å². The summed E-state index contributed by atoms with van der Waals surface area (Å²) in [6.07, 6.45) is 0.792. The summed E-state index contributed by atoms with van der Waals surface area (Å²) in [5.74, 6) is -0.107. The third-order valence-corrected chi connectivity index (χ3v) is 4.35. The lowest BCUT2D eigenvalue weighted by Gasteiger charge is -2.22. The summed E-state index contributed by atoms with van der Waals surface area (Å²) in [7, 11) is 1.43. The maximum Gasteiger partial charge on any atom is 0.255 e. The van der Waals surface area contributed by atoms with Gasteiger partial charge in [0.15, 0.2) is 18.1 Å². The Balaban J connectivity index is 2.26. The lowest BCUT2D eigenvalue weighted by molar-refractivity contribution is -0.119. The monoisotopic (exact) mass is 404 g/mol. The number of carbonyl (C=O) groups excluding carboxylic acids is 2. The predicted octanol–water partition coefficient (Wildman–Crippen LogP) is 3.73. The number of amides is 2. The van der Waals surface area contributed by atoms with Crippen molar-refractivity contribution in [3.63, 3.8) is 0 Å². The van der Waals surface area contributed by atoms with Gasteiger partial charge in [-0.3, -0.25) is 9.59 Å². The number of hydrogen-bond acceptors (Lipinski definition) is 4. The van der Waals surface area contributed by atoms with Crippen molar-refractivity contribution in [2.24, 2.45) is 11.7 Å². The molecule has 2 amide bonds. The molecule has 0 saturated carbocycles. The van der Waals surface area contributed by atoms with Gasteiger partial charge in [-0.05, 0) is 30.0 Å². The van der Waals surface area contributed by atoms with Crippen LogP contribution in [0.1, 0.15) is 42.2 Å². The minimum Gasteiger partial charge on any atom is -0.493 e. The Hall–Kier alpha value is -2.73. The van der Waals surface area contributed by atoms with Gasteiger partial charge in [-0.25, -0.2) is 0 Å². The molecule has 1 unspecified atom stereocenters. The number of hydrogen-bond donors (Lipinski definition) is 2. The van der Waals surface area contributed by atoms with E-state index in [4.69, 9.17) is 26.8 Å². The van der Waals surface area contributed by atoms with Crippen molar-refractivity contribution in [3.05, 3.63) is 58.6 Å². The molecule has 0 aliphatic rings. The average molecular weight is 405 g/mol. The van der Waals surface area contributed by atoms with Crippen molar-refractivity contribution in [3.8, 4) is 11.5 Å². The Morgan fingerprint density at radius 1 is 1.18 bits per heavy atom. The summed E-state index contributed by atoms with van der Waals surface area (Å²) in [6, 6.07) is 12.7. The van der Waals surface area contributed by atoms with Crippen LogP contribution in [0.4, 0.5) is 0 Å². The lowest BCUT2D eigenvalue weighted by Crippen LogP contribution is -2.29. The Morgan fingerprint density at radius 2 is 1.86 bits per heavy atom. The Labute approximate surface area is 170 Å². The maximum absolute atomic E-state index is 12.9. The molecule has 0 aromatic heterocycles. The van der Waals surface area contributed by atoms with E-state index in [-0.39, 0.29) is 35.1 Å². The first-order chi connectivity index (χ1) is 13.3. The summed E-state index contributed by atoms with van der Waals surface area (Å²) in [5.41, 5.74) is 6.46. The molecular weight excluding hydrogens is 380 g/mol. The second-order valence-corrected chi connectivity index (χ2v) is 7.22. The normalized spacial score (nSPS) is 11.8. The number of halogens is 1. The standard InChI is InChI=1S/C21H25ClN2O4/c1-13(2)9-17(14-7-5-4-6-8-14)24-21(26)15-10-16(22)20(18(11-15)27-3)28-12-19(23)25/h4-8,10-11,13,17H,9,12H2,1-3H3,(H2,23,25)(H,24,26). The van der Waals surface area contributed by atoms with Crippen molar-refractivity contribution < 1.29 is 19.1 Å². The van der Waals surface area contributed by atoms with Crippen LogP contribution in [-0.4, -0.2) is 25.5 Å². The number of benzene rings is 2. The summed E-state index contributed by atoms with van der Waals surface area (Å²) >= 11 is 6.24. The van der Waals surface area contributed by atoms with Crippen molar-refractivity contribution in [2.75, 3.05) is 13.7 Å². The number of nitrogens with one attached hydrogen (secondary N) is 1. The lowest BCUT2D eigenvalue weighted by atomic mass is 9.96. The molecule has 6 nitrogen and oxygen atoms in total. The van der Waals surface area contributed by atoms with Gasteiger partial charge in [0.1, 0.15) is 0 Å². The predicted molar refractivity (Wildman–Crippen MR) is 109 cm³/mol. The van der Waals surface area contributed by atoms with Crippen molar-refractivity contribution in [1.29, 1.82) is 0 Å². The fourth-order valence-electron chi connectivity index (χ4n) is 2.81. The number of nitrogens with two attached hydrogens (primary N) is 1. The molecular formula is C21H25ClN2O4. The quantitative estimate of drug-likeness (QED) is 0.666. The van der Waals surface area contributed by atoms with E-state index in [1.807, 2.05) is 30.3 Å². The van der Waals surface area contributed by atoms with Crippen LogP contribution >= 0.6 is 11.6 Å². The minimum absolute atomic E-state index is 0.135. The van der Waals surface area contributed by atoms with Crippen LogP contribution in [0.15, 0.2) is 42.5 Å². The fourth-order valence-corrected chi connectivity index (χ4v) is 3.08. The minimum atomic E-state index is -0.640. The number of rotatable bonds is 9. The highest BCUT2D eigenvalue weighted by molar-refractivity contribution is 6.32. The third kappa shape index (κ3) is 5.89. The first-order valence-electron chi connectivity index (χ1n) is 8.96. The molecule has 28 heavy (non-hydrogen) atoms. The fraction of sp³-hybridized carbons (Fsp3) is 0.333. The van der Waals surface area contributed by atoms with Gasteiger partial charge in [-0.15, -0.1) is 0 Å². The second-order valence-electron chi connectivity index (χ2n) is 6.81. The Kier molecular flexibility index (Phi) is 7.70. The van der Waals surface area contributed by atoms with E-state index in [1.54, 1.807) is 0 Å². The van der Waals surface area contributed by atoms with E-state index in [0.717, 1.165) is 12.0 Å². The zero-order valence-corrected chi connectivity index (χ0v) is 17.0. The molecule has 0 spiro atoms. The molecule has 0 radical (unpaired) electrons. The number of ether oxygens (including phenoxy) is 2. The van der Waals surface area contributed by atoms with Gasteiger partial charge < -0.3 is 20.5 Å². The van der Waals surface area contributed by atoms with Gasteiger partial charge in [-0.2, -0.15) is 0 Å². The molecule has 0 fully saturated rings. The van der Waals surface area contributed by atoms with Crippen LogP contribution < -0.4 is 20.5 Å². The second kappa shape index (κ2) is 9.99. The van der Waals surface area contributed by atoms with Gasteiger partial charge >= 0.3 is 0 Å². The summed E-state index contributed by atoms with van der Waals surface area (Å²) in [6.45, 7) is 3.87. The Bertz CT molecular complexity index is 825. The first kappa shape index (κ1) is 21.6. The zero-order chi connectivity index (χ0) is 20.7. The highest BCUT2D eigenvalue weighted by Gasteiger charge is 2.20.